The van der Waals surface area contributed by atoms with Gasteiger partial charge >= 0.3 is 0 Å². The lowest BCUT2D eigenvalue weighted by molar-refractivity contribution is -0.384. The number of hydrazine groups is 1. The van der Waals surface area contributed by atoms with Gasteiger partial charge in [0.25, 0.3) is 11.6 Å². The molecule has 2 rings (SSSR count). The number of hydrogen-bond acceptors (Lipinski definition) is 5. The van der Waals surface area contributed by atoms with E-state index < -0.39 is 4.92 Å². The number of rotatable bonds is 4. The highest BCUT2D eigenvalue weighted by molar-refractivity contribution is 6.34. The molecule has 1 saturated carbocycles. The molecule has 114 valence electrons. The van der Waals surface area contributed by atoms with Gasteiger partial charge in [0.2, 0.25) is 0 Å². The van der Waals surface area contributed by atoms with Gasteiger partial charge in [-0.25, -0.2) is 0 Å². The number of nitrogens with two attached hydrogens (primary N) is 1. The van der Waals surface area contributed by atoms with Gasteiger partial charge in [0.05, 0.1) is 9.95 Å². The number of nitro benzene ring substituents is 1. The topological polar surface area (TPSA) is 110 Å². The average Bonchev–Trinajstić information content (AvgIpc) is 2.82. The minimum atomic E-state index is -0.629. The number of nitrogens with one attached hydrogen (secondary N) is 2. The summed E-state index contributed by atoms with van der Waals surface area (Å²) in [6, 6.07) is 2.66. The summed E-state index contributed by atoms with van der Waals surface area (Å²) in [6.07, 6.45) is 2.91. The van der Waals surface area contributed by atoms with E-state index in [1.165, 1.54) is 12.1 Å². The van der Waals surface area contributed by atoms with Crippen molar-refractivity contribution in [2.24, 2.45) is 11.8 Å². The maximum atomic E-state index is 12.2. The molecular formula is C13H17ClN4O3. The summed E-state index contributed by atoms with van der Waals surface area (Å²) < 4.78 is 0. The van der Waals surface area contributed by atoms with Crippen molar-refractivity contribution < 1.29 is 9.72 Å². The van der Waals surface area contributed by atoms with Crippen LogP contribution in [0.5, 0.6) is 0 Å². The third kappa shape index (κ3) is 3.43. The third-order valence-corrected chi connectivity index (χ3v) is 4.00. The second-order valence-electron chi connectivity index (χ2n) is 5.34. The molecule has 8 heteroatoms. The maximum Gasteiger partial charge on any atom is 0.295 e. The molecule has 1 fully saturated rings. The van der Waals surface area contributed by atoms with Crippen molar-refractivity contribution >= 4 is 28.9 Å². The molecule has 0 saturated heterocycles. The average molecular weight is 313 g/mol. The van der Waals surface area contributed by atoms with E-state index >= 15 is 0 Å². The number of carbonyl (C=O) groups is 1. The van der Waals surface area contributed by atoms with Crippen LogP contribution in [0.25, 0.3) is 0 Å². The van der Waals surface area contributed by atoms with Crippen LogP contribution in [0.2, 0.25) is 5.02 Å². The van der Waals surface area contributed by atoms with Crippen LogP contribution in [0.15, 0.2) is 12.1 Å². The van der Waals surface area contributed by atoms with Crippen LogP contribution in [-0.2, 0) is 0 Å². The van der Waals surface area contributed by atoms with Crippen LogP contribution in [-0.4, -0.2) is 16.9 Å². The second kappa shape index (κ2) is 6.28. The number of anilines is 1. The summed E-state index contributed by atoms with van der Waals surface area (Å²) in [5.41, 5.74) is 2.01. The van der Waals surface area contributed by atoms with Gasteiger partial charge in [-0.05, 0) is 31.2 Å². The van der Waals surface area contributed by atoms with E-state index in [0.29, 0.717) is 5.92 Å². The van der Waals surface area contributed by atoms with Gasteiger partial charge in [0.1, 0.15) is 5.69 Å². The third-order valence-electron chi connectivity index (χ3n) is 3.70. The minimum Gasteiger partial charge on any atom is -0.349 e. The van der Waals surface area contributed by atoms with Crippen LogP contribution in [0, 0.1) is 16.0 Å². The molecule has 2 unspecified atom stereocenters. The lowest BCUT2D eigenvalue weighted by atomic mass is 10.1. The van der Waals surface area contributed by atoms with Gasteiger partial charge in [0, 0.05) is 17.7 Å². The first-order valence-electron chi connectivity index (χ1n) is 6.67. The molecule has 0 radical (unpaired) electrons. The molecule has 1 amide bonds. The van der Waals surface area contributed by atoms with Crippen molar-refractivity contribution in [3.63, 3.8) is 0 Å². The largest absolute Gasteiger partial charge is 0.349 e. The van der Waals surface area contributed by atoms with Gasteiger partial charge in [-0.3, -0.25) is 20.8 Å². The van der Waals surface area contributed by atoms with Crippen molar-refractivity contribution in [1.82, 2.24) is 5.32 Å². The molecule has 2 atom stereocenters. The number of nitro groups is 1. The normalized spacial score (nSPS) is 21.1. The molecule has 7 nitrogen and oxygen atoms in total. The molecule has 0 aliphatic heterocycles. The Bertz CT molecular complexity index is 579. The van der Waals surface area contributed by atoms with Gasteiger partial charge in [-0.1, -0.05) is 18.5 Å². The first-order valence-corrected chi connectivity index (χ1v) is 7.05. The summed E-state index contributed by atoms with van der Waals surface area (Å²) in [4.78, 5) is 22.6. The van der Waals surface area contributed by atoms with E-state index in [0.717, 1.165) is 19.3 Å². The predicted molar refractivity (Wildman–Crippen MR) is 80.2 cm³/mol. The number of carbonyl (C=O) groups excluding carboxylic acids is 1. The quantitative estimate of drug-likeness (QED) is 0.449. The first kappa shape index (κ1) is 15.5. The van der Waals surface area contributed by atoms with Crippen LogP contribution < -0.4 is 16.6 Å². The minimum absolute atomic E-state index is 0.00675. The van der Waals surface area contributed by atoms with Gasteiger partial charge in [0.15, 0.2) is 0 Å². The highest BCUT2D eigenvalue weighted by atomic mass is 35.5. The lowest BCUT2D eigenvalue weighted by Gasteiger charge is -2.13. The highest BCUT2D eigenvalue weighted by Crippen LogP contribution is 2.33. The van der Waals surface area contributed by atoms with Crippen molar-refractivity contribution in [3.05, 3.63) is 32.8 Å². The van der Waals surface area contributed by atoms with Crippen LogP contribution in [0.4, 0.5) is 11.4 Å². The molecule has 0 heterocycles. The molecule has 21 heavy (non-hydrogen) atoms. The second-order valence-corrected chi connectivity index (χ2v) is 5.75. The lowest BCUT2D eigenvalue weighted by Crippen LogP contribution is -2.33. The van der Waals surface area contributed by atoms with Crippen molar-refractivity contribution in [3.8, 4) is 0 Å². The van der Waals surface area contributed by atoms with E-state index in [4.69, 9.17) is 17.4 Å². The molecule has 1 aromatic rings. The number of nitrogen functional groups attached to an aromatic ring is 1. The first-order chi connectivity index (χ1) is 9.92. The Balaban J connectivity index is 2.23. The smallest absolute Gasteiger partial charge is 0.295 e. The van der Waals surface area contributed by atoms with Gasteiger partial charge in [-0.2, -0.15) is 0 Å². The molecule has 1 aliphatic carbocycles. The van der Waals surface area contributed by atoms with Crippen LogP contribution in [0.1, 0.15) is 36.5 Å². The monoisotopic (exact) mass is 312 g/mol. The van der Waals surface area contributed by atoms with E-state index in [-0.39, 0.29) is 33.9 Å². The Morgan fingerprint density at radius 3 is 2.71 bits per heavy atom. The van der Waals surface area contributed by atoms with E-state index in [2.05, 4.69) is 17.7 Å². The number of nitrogens with zero attached hydrogens (tertiary/aromatic N) is 1. The fraction of sp³-hybridized carbons (Fsp3) is 0.462. The Hall–Kier alpha value is -1.86. The fourth-order valence-electron chi connectivity index (χ4n) is 2.62. The van der Waals surface area contributed by atoms with Crippen molar-refractivity contribution in [2.45, 2.75) is 32.2 Å². The number of hydrogen-bond donors (Lipinski definition) is 3. The molecule has 1 aromatic carbocycles. The molecule has 4 N–H and O–H groups in total. The molecule has 0 bridgehead atoms. The summed E-state index contributed by atoms with van der Waals surface area (Å²) in [7, 11) is 0. The summed E-state index contributed by atoms with van der Waals surface area (Å²) >= 11 is 5.94. The molecular weight excluding hydrogens is 296 g/mol. The summed E-state index contributed by atoms with van der Waals surface area (Å²) in [5.74, 6) is 5.45. The zero-order chi connectivity index (χ0) is 15.6. The Kier molecular flexibility index (Phi) is 4.64. The van der Waals surface area contributed by atoms with Crippen LogP contribution in [0.3, 0.4) is 0 Å². The number of amides is 1. The standard InChI is InChI=1S/C13H17ClN4O3/c1-7-2-3-9(4-7)16-13(19)8-5-10(14)12(17-15)11(6-8)18(20)21/h5-7,9,17H,2-4,15H2,1H3,(H,16,19). The Labute approximate surface area is 127 Å². The molecule has 0 spiro atoms. The van der Waals surface area contributed by atoms with Crippen molar-refractivity contribution in [2.75, 3.05) is 5.43 Å². The number of benzene rings is 1. The zero-order valence-electron chi connectivity index (χ0n) is 11.6. The highest BCUT2D eigenvalue weighted by Gasteiger charge is 2.25. The van der Waals surface area contributed by atoms with Crippen LogP contribution >= 0.6 is 11.6 Å². The summed E-state index contributed by atoms with van der Waals surface area (Å²) in [6.45, 7) is 2.13. The van der Waals surface area contributed by atoms with Gasteiger partial charge < -0.3 is 10.7 Å². The predicted octanol–water partition coefficient (Wildman–Crippen LogP) is 2.45. The van der Waals surface area contributed by atoms with E-state index in [1.54, 1.807) is 0 Å². The zero-order valence-corrected chi connectivity index (χ0v) is 12.3. The summed E-state index contributed by atoms with van der Waals surface area (Å²) in [5, 5.41) is 13.9. The van der Waals surface area contributed by atoms with Crippen molar-refractivity contribution in [1.29, 1.82) is 0 Å². The van der Waals surface area contributed by atoms with Gasteiger partial charge in [-0.15, -0.1) is 0 Å². The Morgan fingerprint density at radius 1 is 1.48 bits per heavy atom. The SMILES string of the molecule is CC1CCC(NC(=O)c2cc(Cl)c(NN)c([N+](=O)[O-])c2)C1. The van der Waals surface area contributed by atoms with E-state index in [1.807, 2.05) is 0 Å². The fourth-order valence-corrected chi connectivity index (χ4v) is 2.89. The molecule has 1 aliphatic rings. The van der Waals surface area contributed by atoms with E-state index in [9.17, 15) is 14.9 Å². The number of halogens is 1. The molecule has 0 aromatic heterocycles. The Morgan fingerprint density at radius 2 is 2.19 bits per heavy atom. The maximum absolute atomic E-state index is 12.2.